The molecule has 0 saturated heterocycles. The van der Waals surface area contributed by atoms with Crippen LogP contribution in [-0.4, -0.2) is 20.9 Å². The number of aromatic nitrogens is 3. The van der Waals surface area contributed by atoms with Crippen molar-refractivity contribution in [3.63, 3.8) is 0 Å². The lowest BCUT2D eigenvalue weighted by Crippen LogP contribution is -2.09. The number of nitrogens with zero attached hydrogens (tertiary/aromatic N) is 3. The van der Waals surface area contributed by atoms with Gasteiger partial charge in [0, 0.05) is 6.20 Å². The van der Waals surface area contributed by atoms with Crippen molar-refractivity contribution in [3.05, 3.63) is 119 Å². The summed E-state index contributed by atoms with van der Waals surface area (Å²) in [7, 11) is 0. The Morgan fingerprint density at radius 3 is 2.12 bits per heavy atom. The molecule has 6 rings (SSSR count). The summed E-state index contributed by atoms with van der Waals surface area (Å²) in [6, 6.07) is 26.3. The third-order valence-electron chi connectivity index (χ3n) is 7.09. The number of pyridine rings is 1. The highest BCUT2D eigenvalue weighted by atomic mass is 19.1. The van der Waals surface area contributed by atoms with Gasteiger partial charge in [0.2, 0.25) is 11.5 Å². The minimum absolute atomic E-state index is 0.0488. The Balaban J connectivity index is 1.36. The quantitative estimate of drug-likeness (QED) is 0.148. The van der Waals surface area contributed by atoms with Gasteiger partial charge in [0.05, 0.1) is 11.8 Å². The average molecular weight is 580 g/mol. The molecule has 1 aliphatic rings. The van der Waals surface area contributed by atoms with Crippen LogP contribution in [-0.2, 0) is 13.2 Å². The van der Waals surface area contributed by atoms with Crippen LogP contribution in [0.1, 0.15) is 55.0 Å². The van der Waals surface area contributed by atoms with Crippen LogP contribution in [0.15, 0.2) is 91.1 Å². The monoisotopic (exact) mass is 579 g/mol. The van der Waals surface area contributed by atoms with Crippen molar-refractivity contribution in [2.75, 3.05) is 0 Å². The van der Waals surface area contributed by atoms with Crippen molar-refractivity contribution in [3.8, 4) is 34.7 Å². The van der Waals surface area contributed by atoms with Gasteiger partial charge in [-0.05, 0) is 74.4 Å². The Bertz CT molecular complexity index is 1680. The third kappa shape index (κ3) is 6.64. The highest BCUT2D eigenvalue weighted by Crippen LogP contribution is 2.44. The third-order valence-corrected chi connectivity index (χ3v) is 7.09. The molecular formula is C35H34FN3O4. The number of para-hydroxylation sites is 1. The summed E-state index contributed by atoms with van der Waals surface area (Å²) < 4.78 is 41.5. The van der Waals surface area contributed by atoms with Crippen LogP contribution >= 0.6 is 0 Å². The molecule has 0 bridgehead atoms. The first-order valence-corrected chi connectivity index (χ1v) is 14.5. The standard InChI is InChI=1S/C35H34FN3O4/c1-23(2)42-35-32(43-33-29(36)15-10-16-30(33)40-21-25-11-6-4-7-12-25)24(3)39(38-35)34-31(19-28(20-37-34)27-17-18-27)41-22-26-13-8-5-9-14-26/h4-16,19-20,23,27H,17-18,21-22H2,1-3H3. The largest absolute Gasteiger partial charge is 0.485 e. The minimum atomic E-state index is -0.563. The zero-order chi connectivity index (χ0) is 29.8. The van der Waals surface area contributed by atoms with Crippen molar-refractivity contribution < 1.29 is 23.3 Å². The fourth-order valence-corrected chi connectivity index (χ4v) is 4.72. The Hall–Kier alpha value is -4.85. The molecular weight excluding hydrogens is 545 g/mol. The molecule has 0 N–H and O–H groups in total. The molecule has 1 saturated carbocycles. The van der Waals surface area contributed by atoms with E-state index in [9.17, 15) is 0 Å². The van der Waals surface area contributed by atoms with E-state index in [0.717, 1.165) is 29.5 Å². The lowest BCUT2D eigenvalue weighted by molar-refractivity contribution is 0.221. The molecule has 7 nitrogen and oxygen atoms in total. The van der Waals surface area contributed by atoms with E-state index in [1.54, 1.807) is 16.8 Å². The van der Waals surface area contributed by atoms with Gasteiger partial charge >= 0.3 is 0 Å². The molecule has 0 unspecified atom stereocenters. The summed E-state index contributed by atoms with van der Waals surface area (Å²) in [4.78, 5) is 4.79. The second kappa shape index (κ2) is 12.6. The molecule has 0 amide bonds. The molecule has 1 aliphatic carbocycles. The lowest BCUT2D eigenvalue weighted by atomic mass is 10.2. The smallest absolute Gasteiger partial charge is 0.277 e. The summed E-state index contributed by atoms with van der Waals surface area (Å²) in [5, 5.41) is 4.74. The Morgan fingerprint density at radius 1 is 0.837 bits per heavy atom. The molecule has 2 aromatic heterocycles. The van der Waals surface area contributed by atoms with Crippen molar-refractivity contribution in [2.45, 2.75) is 58.8 Å². The molecule has 220 valence electrons. The first-order valence-electron chi connectivity index (χ1n) is 14.5. The second-order valence-electron chi connectivity index (χ2n) is 10.9. The number of hydrogen-bond donors (Lipinski definition) is 0. The van der Waals surface area contributed by atoms with Gasteiger partial charge in [-0.2, -0.15) is 0 Å². The first-order chi connectivity index (χ1) is 21.0. The van der Waals surface area contributed by atoms with Crippen molar-refractivity contribution >= 4 is 0 Å². The molecule has 5 aromatic rings. The highest BCUT2D eigenvalue weighted by molar-refractivity contribution is 5.52. The van der Waals surface area contributed by atoms with Crippen molar-refractivity contribution in [1.29, 1.82) is 0 Å². The molecule has 2 heterocycles. The maximum absolute atomic E-state index is 15.3. The van der Waals surface area contributed by atoms with E-state index in [1.165, 1.54) is 6.07 Å². The van der Waals surface area contributed by atoms with Crippen LogP contribution in [0.4, 0.5) is 4.39 Å². The predicted molar refractivity (Wildman–Crippen MR) is 162 cm³/mol. The number of benzene rings is 3. The van der Waals surface area contributed by atoms with Gasteiger partial charge < -0.3 is 18.9 Å². The van der Waals surface area contributed by atoms with Gasteiger partial charge in [0.25, 0.3) is 5.88 Å². The fraction of sp³-hybridized carbons (Fsp3) is 0.257. The van der Waals surface area contributed by atoms with Crippen LogP contribution in [0, 0.1) is 12.7 Å². The Labute approximate surface area is 250 Å². The number of hydrogen-bond acceptors (Lipinski definition) is 6. The van der Waals surface area contributed by atoms with Gasteiger partial charge in [-0.15, -0.1) is 5.10 Å². The second-order valence-corrected chi connectivity index (χ2v) is 10.9. The summed E-state index contributed by atoms with van der Waals surface area (Å²) in [6.45, 7) is 6.26. The molecule has 0 radical (unpaired) electrons. The van der Waals surface area contributed by atoms with Crippen LogP contribution in [0.3, 0.4) is 0 Å². The maximum Gasteiger partial charge on any atom is 0.277 e. The topological polar surface area (TPSA) is 67.6 Å². The fourth-order valence-electron chi connectivity index (χ4n) is 4.72. The van der Waals surface area contributed by atoms with Crippen molar-refractivity contribution in [1.82, 2.24) is 14.8 Å². The van der Waals surface area contributed by atoms with E-state index >= 15 is 4.39 Å². The summed E-state index contributed by atoms with van der Waals surface area (Å²) in [5.41, 5.74) is 3.70. The van der Waals surface area contributed by atoms with Crippen LogP contribution in [0.25, 0.3) is 5.82 Å². The van der Waals surface area contributed by atoms with E-state index in [0.29, 0.717) is 29.8 Å². The van der Waals surface area contributed by atoms with E-state index in [1.807, 2.05) is 93.7 Å². The van der Waals surface area contributed by atoms with Crippen molar-refractivity contribution in [2.24, 2.45) is 0 Å². The first kappa shape index (κ1) is 28.3. The molecule has 43 heavy (non-hydrogen) atoms. The van der Waals surface area contributed by atoms with Crippen LogP contribution in [0.5, 0.6) is 28.9 Å². The van der Waals surface area contributed by atoms with Gasteiger partial charge in [0.1, 0.15) is 13.2 Å². The predicted octanol–water partition coefficient (Wildman–Crippen LogP) is 8.33. The molecule has 8 heteroatoms. The van der Waals surface area contributed by atoms with Crippen LogP contribution in [0.2, 0.25) is 0 Å². The molecule has 1 fully saturated rings. The Morgan fingerprint density at radius 2 is 1.49 bits per heavy atom. The molecule has 0 aliphatic heterocycles. The average Bonchev–Trinajstić information content (AvgIpc) is 3.83. The maximum atomic E-state index is 15.3. The SMILES string of the molecule is Cc1c(Oc2c(F)cccc2OCc2ccccc2)c(OC(C)C)nn1-c1ncc(C2CC2)cc1OCc1ccccc1. The molecule has 0 atom stereocenters. The van der Waals surface area contributed by atoms with Gasteiger partial charge in [0.15, 0.2) is 23.1 Å². The van der Waals surface area contributed by atoms with Gasteiger partial charge in [-0.1, -0.05) is 66.7 Å². The number of ether oxygens (including phenoxy) is 4. The number of halogens is 1. The molecule has 0 spiro atoms. The normalized spacial score (nSPS) is 12.8. The van der Waals surface area contributed by atoms with E-state index in [-0.39, 0.29) is 35.8 Å². The molecule has 3 aromatic carbocycles. The minimum Gasteiger partial charge on any atom is -0.485 e. The highest BCUT2D eigenvalue weighted by Gasteiger charge is 2.28. The zero-order valence-corrected chi connectivity index (χ0v) is 24.5. The summed E-state index contributed by atoms with van der Waals surface area (Å²) >= 11 is 0. The zero-order valence-electron chi connectivity index (χ0n) is 24.5. The lowest BCUT2D eigenvalue weighted by Gasteiger charge is -2.15. The number of rotatable bonds is 12. The van der Waals surface area contributed by atoms with Crippen LogP contribution < -0.4 is 18.9 Å². The van der Waals surface area contributed by atoms with Gasteiger partial charge in [-0.3, -0.25) is 0 Å². The van der Waals surface area contributed by atoms with E-state index in [4.69, 9.17) is 29.0 Å². The summed E-state index contributed by atoms with van der Waals surface area (Å²) in [6.07, 6.45) is 3.95. The van der Waals surface area contributed by atoms with E-state index in [2.05, 4.69) is 0 Å². The Kier molecular flexibility index (Phi) is 8.27. The van der Waals surface area contributed by atoms with Gasteiger partial charge in [-0.25, -0.2) is 14.1 Å². The van der Waals surface area contributed by atoms with E-state index < -0.39 is 5.82 Å². The summed E-state index contributed by atoms with van der Waals surface area (Å²) in [5.74, 6) is 1.73.